The van der Waals surface area contributed by atoms with Crippen molar-refractivity contribution in [1.29, 1.82) is 0 Å². The molecular formula is C19H23N3O4S2. The molecule has 3 amide bonds. The second-order valence-corrected chi connectivity index (χ2v) is 7.84. The minimum atomic E-state index is -0.875. The number of carbonyl (C=O) groups is 3. The van der Waals surface area contributed by atoms with Gasteiger partial charge in [-0.2, -0.15) is 11.8 Å². The number of esters is 1. The summed E-state index contributed by atoms with van der Waals surface area (Å²) in [5.41, 5.74) is 6.03. The third-order valence-electron chi connectivity index (χ3n) is 3.82. The molecule has 0 bridgehead atoms. The lowest BCUT2D eigenvalue weighted by atomic mass is 10.1. The largest absolute Gasteiger partial charge is 0.454 e. The molecule has 0 aliphatic rings. The number of amides is 3. The molecule has 4 N–H and O–H groups in total. The Kier molecular flexibility index (Phi) is 8.83. The molecule has 7 nitrogen and oxygen atoms in total. The van der Waals surface area contributed by atoms with Crippen LogP contribution in [0.4, 0.5) is 4.79 Å². The van der Waals surface area contributed by atoms with Crippen LogP contribution in [0.2, 0.25) is 0 Å². The van der Waals surface area contributed by atoms with Crippen molar-refractivity contribution in [1.82, 2.24) is 10.6 Å². The smallest absolute Gasteiger partial charge is 0.329 e. The molecule has 9 heteroatoms. The Morgan fingerprint density at radius 3 is 2.50 bits per heavy atom. The molecule has 0 unspecified atom stereocenters. The minimum Gasteiger partial charge on any atom is -0.454 e. The monoisotopic (exact) mass is 421 g/mol. The van der Waals surface area contributed by atoms with Crippen LogP contribution < -0.4 is 16.4 Å². The third-order valence-corrected chi connectivity index (χ3v) is 5.40. The first-order valence-electron chi connectivity index (χ1n) is 8.60. The molecule has 0 aliphatic heterocycles. The molecule has 0 radical (unpaired) electrons. The van der Waals surface area contributed by atoms with E-state index in [0.717, 1.165) is 10.4 Å². The van der Waals surface area contributed by atoms with Gasteiger partial charge in [-0.1, -0.05) is 36.4 Å². The lowest BCUT2D eigenvalue weighted by Crippen LogP contribution is -2.45. The van der Waals surface area contributed by atoms with E-state index in [9.17, 15) is 14.4 Å². The van der Waals surface area contributed by atoms with E-state index in [1.165, 1.54) is 23.1 Å². The highest BCUT2D eigenvalue weighted by atomic mass is 32.2. The summed E-state index contributed by atoms with van der Waals surface area (Å²) in [7, 11) is 0. The predicted octanol–water partition coefficient (Wildman–Crippen LogP) is 2.29. The van der Waals surface area contributed by atoms with Crippen molar-refractivity contribution >= 4 is 41.0 Å². The van der Waals surface area contributed by atoms with Crippen molar-refractivity contribution in [2.75, 3.05) is 18.6 Å². The number of nitrogens with two attached hydrogens (primary N) is 1. The van der Waals surface area contributed by atoms with Gasteiger partial charge >= 0.3 is 12.0 Å². The first-order valence-corrected chi connectivity index (χ1v) is 10.9. The van der Waals surface area contributed by atoms with Gasteiger partial charge in [0.2, 0.25) is 0 Å². The number of urea groups is 1. The molecule has 1 heterocycles. The molecular weight excluding hydrogens is 398 g/mol. The highest BCUT2D eigenvalue weighted by molar-refractivity contribution is 7.98. The van der Waals surface area contributed by atoms with Crippen molar-refractivity contribution in [3.8, 4) is 0 Å². The number of primary amides is 1. The molecule has 0 spiro atoms. The van der Waals surface area contributed by atoms with Crippen LogP contribution in [-0.2, 0) is 14.3 Å². The minimum absolute atomic E-state index is 0.330. The molecule has 0 aliphatic carbocycles. The van der Waals surface area contributed by atoms with Crippen LogP contribution in [0.5, 0.6) is 0 Å². The van der Waals surface area contributed by atoms with Gasteiger partial charge in [0.15, 0.2) is 6.61 Å². The normalized spacial score (nSPS) is 12.6. The zero-order valence-corrected chi connectivity index (χ0v) is 17.1. The van der Waals surface area contributed by atoms with Crippen molar-refractivity contribution in [2.24, 2.45) is 5.73 Å². The number of hydrogen-bond acceptors (Lipinski definition) is 6. The zero-order chi connectivity index (χ0) is 20.4. The van der Waals surface area contributed by atoms with Gasteiger partial charge in [0.1, 0.15) is 6.04 Å². The number of nitrogens with one attached hydrogen (secondary N) is 2. The highest BCUT2D eigenvalue weighted by Crippen LogP contribution is 2.25. The van der Waals surface area contributed by atoms with Gasteiger partial charge in [0, 0.05) is 4.88 Å². The number of benzene rings is 1. The zero-order valence-electron chi connectivity index (χ0n) is 15.4. The summed E-state index contributed by atoms with van der Waals surface area (Å²) in [6.45, 7) is -0.441. The number of ether oxygens (including phenoxy) is 1. The summed E-state index contributed by atoms with van der Waals surface area (Å²) in [5.74, 6) is -0.477. The van der Waals surface area contributed by atoms with Crippen LogP contribution >= 0.6 is 23.1 Å². The number of thiophene rings is 1. The van der Waals surface area contributed by atoms with E-state index in [4.69, 9.17) is 10.5 Å². The van der Waals surface area contributed by atoms with Crippen LogP contribution in [0, 0.1) is 0 Å². The lowest BCUT2D eigenvalue weighted by molar-refractivity contribution is -0.150. The number of hydrogen-bond donors (Lipinski definition) is 3. The molecule has 28 heavy (non-hydrogen) atoms. The van der Waals surface area contributed by atoms with Gasteiger partial charge in [0.05, 0.1) is 6.04 Å². The van der Waals surface area contributed by atoms with E-state index < -0.39 is 30.6 Å². The molecule has 150 valence electrons. The van der Waals surface area contributed by atoms with E-state index in [1.54, 1.807) is 0 Å². The van der Waals surface area contributed by atoms with Crippen molar-refractivity contribution in [3.05, 3.63) is 58.3 Å². The second-order valence-electron chi connectivity index (χ2n) is 5.88. The van der Waals surface area contributed by atoms with E-state index in [1.807, 2.05) is 54.1 Å². The summed E-state index contributed by atoms with van der Waals surface area (Å²) in [5, 5.41) is 7.17. The number of carbonyl (C=O) groups excluding carboxylic acids is 3. The molecule has 2 aromatic rings. The molecule has 1 aromatic heterocycles. The second kappa shape index (κ2) is 11.4. The van der Waals surface area contributed by atoms with E-state index >= 15 is 0 Å². The fraction of sp³-hybridized carbons (Fsp3) is 0.316. The molecule has 0 fully saturated rings. The SMILES string of the molecule is CSCC[C@H](NC(N)=O)C(=O)OCC(=O)N[C@@H](c1ccccc1)c1cccs1. The first kappa shape index (κ1) is 21.8. The van der Waals surface area contributed by atoms with Crippen LogP contribution in [0.15, 0.2) is 47.8 Å². The van der Waals surface area contributed by atoms with Gasteiger partial charge in [-0.3, -0.25) is 4.79 Å². The van der Waals surface area contributed by atoms with E-state index in [0.29, 0.717) is 12.2 Å². The van der Waals surface area contributed by atoms with Crippen molar-refractivity contribution < 1.29 is 19.1 Å². The molecule has 1 aromatic carbocycles. The Hall–Kier alpha value is -2.52. The van der Waals surface area contributed by atoms with E-state index in [-0.39, 0.29) is 6.04 Å². The Labute approximate surface area is 172 Å². The van der Waals surface area contributed by atoms with Gasteiger partial charge in [-0.05, 0) is 35.4 Å². The third kappa shape index (κ3) is 6.90. The molecule has 2 atom stereocenters. The molecule has 2 rings (SSSR count). The van der Waals surface area contributed by atoms with Gasteiger partial charge in [-0.15, -0.1) is 11.3 Å². The molecule has 0 saturated heterocycles. The summed E-state index contributed by atoms with van der Waals surface area (Å²) in [6.07, 6.45) is 2.25. The topological polar surface area (TPSA) is 111 Å². The Morgan fingerprint density at radius 1 is 1.14 bits per heavy atom. The predicted molar refractivity (Wildman–Crippen MR) is 111 cm³/mol. The maximum absolute atomic E-state index is 12.4. The van der Waals surface area contributed by atoms with Crippen LogP contribution in [0.25, 0.3) is 0 Å². The van der Waals surface area contributed by atoms with Crippen LogP contribution in [0.1, 0.15) is 22.9 Å². The Morgan fingerprint density at radius 2 is 1.89 bits per heavy atom. The standard InChI is InChI=1S/C19H23N3O4S2/c1-27-11-9-14(21-19(20)25)18(24)26-12-16(23)22-17(15-8-5-10-28-15)13-6-3-2-4-7-13/h2-8,10,14,17H,9,11-12H2,1H3,(H,22,23)(H3,20,21,25)/t14-,17-/m0/s1. The average molecular weight is 422 g/mol. The highest BCUT2D eigenvalue weighted by Gasteiger charge is 2.23. The summed E-state index contributed by atoms with van der Waals surface area (Å²) in [6, 6.07) is 11.4. The summed E-state index contributed by atoms with van der Waals surface area (Å²) in [4.78, 5) is 36.6. The van der Waals surface area contributed by atoms with Gasteiger partial charge in [-0.25, -0.2) is 9.59 Å². The van der Waals surface area contributed by atoms with Crippen LogP contribution in [-0.4, -0.2) is 42.6 Å². The van der Waals surface area contributed by atoms with Crippen LogP contribution in [0.3, 0.4) is 0 Å². The Bertz CT molecular complexity index is 769. The maximum Gasteiger partial charge on any atom is 0.329 e. The summed E-state index contributed by atoms with van der Waals surface area (Å²) < 4.78 is 5.09. The average Bonchev–Trinajstić information content (AvgIpc) is 3.22. The number of rotatable bonds is 10. The maximum atomic E-state index is 12.4. The first-order chi connectivity index (χ1) is 13.5. The number of thioether (sulfide) groups is 1. The Balaban J connectivity index is 1.96. The fourth-order valence-electron chi connectivity index (χ4n) is 2.52. The van der Waals surface area contributed by atoms with Gasteiger partial charge in [0.25, 0.3) is 5.91 Å². The van der Waals surface area contributed by atoms with Crippen molar-refractivity contribution in [3.63, 3.8) is 0 Å². The lowest BCUT2D eigenvalue weighted by Gasteiger charge is -2.19. The molecule has 0 saturated carbocycles. The summed E-state index contributed by atoms with van der Waals surface area (Å²) >= 11 is 3.05. The fourth-order valence-corrected chi connectivity index (χ4v) is 3.79. The van der Waals surface area contributed by atoms with Crippen molar-refractivity contribution in [2.45, 2.75) is 18.5 Å². The van der Waals surface area contributed by atoms with E-state index in [2.05, 4.69) is 10.6 Å². The quantitative estimate of drug-likeness (QED) is 0.510. The van der Waals surface area contributed by atoms with Gasteiger partial charge < -0.3 is 21.1 Å².